The number of nitrogens with zero attached hydrogens (tertiary/aromatic N) is 2. The van der Waals surface area contributed by atoms with Crippen LogP contribution < -0.4 is 10.6 Å². The molecule has 0 saturated heterocycles. The summed E-state index contributed by atoms with van der Waals surface area (Å²) in [6.07, 6.45) is 4.60. The number of carbonyl (C=O) groups excluding carboxylic acids is 3. The fourth-order valence-corrected chi connectivity index (χ4v) is 4.07. The molecule has 4 aromatic carbocycles. The summed E-state index contributed by atoms with van der Waals surface area (Å²) >= 11 is 0. The first kappa shape index (κ1) is 28.9. The van der Waals surface area contributed by atoms with Crippen LogP contribution in [0.1, 0.15) is 38.2 Å². The third-order valence-corrected chi connectivity index (χ3v) is 6.24. The number of benzene rings is 4. The van der Waals surface area contributed by atoms with Crippen molar-refractivity contribution in [3.05, 3.63) is 142 Å². The largest absolute Gasteiger partial charge is 0.325 e. The quantitative estimate of drug-likeness (QED) is 0.140. The Bertz CT molecular complexity index is 1740. The van der Waals surface area contributed by atoms with Crippen LogP contribution in [-0.2, 0) is 16.0 Å². The summed E-state index contributed by atoms with van der Waals surface area (Å²) in [7, 11) is 0. The number of nitriles is 2. The Morgan fingerprint density at radius 3 is 2.12 bits per heavy atom. The maximum Gasteiger partial charge on any atom is 0.248 e. The third-order valence-electron chi connectivity index (χ3n) is 6.24. The second-order valence-corrected chi connectivity index (χ2v) is 9.44. The number of amides is 2. The average Bonchev–Trinajstić information content (AvgIpc) is 3.01. The summed E-state index contributed by atoms with van der Waals surface area (Å²) in [5.41, 5.74) is 4.81. The number of nitrogens with one attached hydrogen (secondary N) is 2. The minimum Gasteiger partial charge on any atom is -0.325 e. The van der Waals surface area contributed by atoms with E-state index in [9.17, 15) is 14.4 Å². The van der Waals surface area contributed by atoms with Gasteiger partial charge in [-0.1, -0.05) is 84.4 Å². The summed E-state index contributed by atoms with van der Waals surface area (Å²) in [6.45, 7) is 1.97. The predicted molar refractivity (Wildman–Crippen MR) is 163 cm³/mol. The summed E-state index contributed by atoms with van der Waals surface area (Å²) in [5.74, 6) is -0.971. The van der Waals surface area contributed by atoms with Gasteiger partial charge >= 0.3 is 0 Å². The van der Waals surface area contributed by atoms with Crippen molar-refractivity contribution in [3.63, 3.8) is 0 Å². The summed E-state index contributed by atoms with van der Waals surface area (Å²) < 4.78 is 0. The SMILES string of the molecule is Cc1ccc(CC(=O)Nc2ccc(NC(=O)/C=C/c3ccc(C=C(C#N)C#N)cc3)cc2C(=O)c2ccccc2)cc1. The number of hydrogen-bond acceptors (Lipinski definition) is 5. The van der Waals surface area contributed by atoms with Gasteiger partial charge in [-0.3, -0.25) is 14.4 Å². The monoisotopic (exact) mass is 550 g/mol. The fraction of sp³-hybridized carbons (Fsp3) is 0.0571. The molecule has 0 radical (unpaired) electrons. The van der Waals surface area contributed by atoms with E-state index in [1.807, 2.05) is 49.4 Å². The molecule has 204 valence electrons. The summed E-state index contributed by atoms with van der Waals surface area (Å²) in [5, 5.41) is 23.4. The number of carbonyl (C=O) groups is 3. The van der Waals surface area contributed by atoms with Gasteiger partial charge in [0.1, 0.15) is 17.7 Å². The van der Waals surface area contributed by atoms with Gasteiger partial charge in [0.15, 0.2) is 5.78 Å². The molecule has 0 aliphatic heterocycles. The Kier molecular flexibility index (Phi) is 9.54. The highest BCUT2D eigenvalue weighted by Gasteiger charge is 2.17. The number of ketones is 1. The molecule has 4 rings (SSSR count). The lowest BCUT2D eigenvalue weighted by atomic mass is 10.0. The van der Waals surface area contributed by atoms with Crippen LogP contribution in [0.5, 0.6) is 0 Å². The van der Waals surface area contributed by atoms with E-state index in [1.165, 1.54) is 12.2 Å². The minimum absolute atomic E-state index is 0.000336. The molecular weight excluding hydrogens is 524 g/mol. The topological polar surface area (TPSA) is 123 Å². The van der Waals surface area contributed by atoms with E-state index in [2.05, 4.69) is 10.6 Å². The van der Waals surface area contributed by atoms with Crippen molar-refractivity contribution in [2.24, 2.45) is 0 Å². The molecule has 7 nitrogen and oxygen atoms in total. The van der Waals surface area contributed by atoms with Gasteiger partial charge < -0.3 is 10.6 Å². The molecular formula is C35H26N4O3. The Morgan fingerprint density at radius 1 is 0.786 bits per heavy atom. The number of anilines is 2. The lowest BCUT2D eigenvalue weighted by Crippen LogP contribution is -2.18. The van der Waals surface area contributed by atoms with Crippen molar-refractivity contribution in [1.29, 1.82) is 10.5 Å². The standard InChI is InChI=1S/C35H26N4O3/c1-24-7-9-27(10-8-24)20-34(41)39-32-17-16-30(21-31(32)35(42)29-5-3-2-4-6-29)38-33(40)18-15-25-11-13-26(14-12-25)19-28(22-36)23-37/h2-19,21H,20H2,1H3,(H,38,40)(H,39,41)/b18-15+. The molecule has 4 aromatic rings. The summed E-state index contributed by atoms with van der Waals surface area (Å²) in [6, 6.07) is 31.8. The van der Waals surface area contributed by atoms with Crippen molar-refractivity contribution < 1.29 is 14.4 Å². The lowest BCUT2D eigenvalue weighted by Gasteiger charge is -2.13. The van der Waals surface area contributed by atoms with Gasteiger partial charge in [0.25, 0.3) is 0 Å². The average molecular weight is 551 g/mol. The zero-order valence-electron chi connectivity index (χ0n) is 22.8. The molecule has 0 spiro atoms. The highest BCUT2D eigenvalue weighted by Crippen LogP contribution is 2.24. The number of hydrogen-bond donors (Lipinski definition) is 2. The Balaban J connectivity index is 1.51. The molecule has 0 heterocycles. The van der Waals surface area contributed by atoms with Gasteiger partial charge in [-0.05, 0) is 54.0 Å². The van der Waals surface area contributed by atoms with E-state index in [4.69, 9.17) is 10.5 Å². The van der Waals surface area contributed by atoms with Crippen LogP contribution in [0.3, 0.4) is 0 Å². The molecule has 0 bridgehead atoms. The molecule has 0 atom stereocenters. The Labute approximate surface area is 244 Å². The van der Waals surface area contributed by atoms with E-state index in [1.54, 1.807) is 72.8 Å². The lowest BCUT2D eigenvalue weighted by molar-refractivity contribution is -0.115. The fourth-order valence-electron chi connectivity index (χ4n) is 4.07. The van der Waals surface area contributed by atoms with Gasteiger partial charge in [0.05, 0.1) is 12.1 Å². The minimum atomic E-state index is -0.413. The molecule has 0 fully saturated rings. The van der Waals surface area contributed by atoms with Crippen LogP contribution in [0.4, 0.5) is 11.4 Å². The first-order valence-electron chi connectivity index (χ1n) is 13.0. The molecule has 7 heteroatoms. The van der Waals surface area contributed by atoms with Crippen molar-refractivity contribution >= 4 is 41.1 Å². The maximum atomic E-state index is 13.4. The van der Waals surface area contributed by atoms with E-state index >= 15 is 0 Å². The first-order valence-corrected chi connectivity index (χ1v) is 13.0. The van der Waals surface area contributed by atoms with Crippen LogP contribution in [0, 0.1) is 29.6 Å². The molecule has 2 N–H and O–H groups in total. The number of allylic oxidation sites excluding steroid dienone is 1. The molecule has 42 heavy (non-hydrogen) atoms. The van der Waals surface area contributed by atoms with E-state index in [-0.39, 0.29) is 29.2 Å². The zero-order chi connectivity index (χ0) is 29.9. The second kappa shape index (κ2) is 13.8. The van der Waals surface area contributed by atoms with Crippen LogP contribution in [-0.4, -0.2) is 17.6 Å². The predicted octanol–water partition coefficient (Wildman–Crippen LogP) is 6.49. The van der Waals surface area contributed by atoms with Gasteiger partial charge in [-0.2, -0.15) is 10.5 Å². The molecule has 0 aromatic heterocycles. The molecule has 2 amide bonds. The molecule has 0 aliphatic carbocycles. The van der Waals surface area contributed by atoms with Crippen molar-refractivity contribution in [2.45, 2.75) is 13.3 Å². The highest BCUT2D eigenvalue weighted by molar-refractivity contribution is 6.15. The van der Waals surface area contributed by atoms with Crippen molar-refractivity contribution in [3.8, 4) is 12.1 Å². The number of aryl methyl sites for hydroxylation is 1. The smallest absolute Gasteiger partial charge is 0.248 e. The third kappa shape index (κ3) is 7.98. The maximum absolute atomic E-state index is 13.4. The van der Waals surface area contributed by atoms with Crippen LogP contribution in [0.2, 0.25) is 0 Å². The van der Waals surface area contributed by atoms with E-state index in [0.29, 0.717) is 22.5 Å². The van der Waals surface area contributed by atoms with Crippen LogP contribution >= 0.6 is 0 Å². The Hall–Kier alpha value is -6.05. The van der Waals surface area contributed by atoms with Crippen molar-refractivity contribution in [1.82, 2.24) is 0 Å². The van der Waals surface area contributed by atoms with Gasteiger partial charge in [0.2, 0.25) is 11.8 Å². The highest BCUT2D eigenvalue weighted by atomic mass is 16.2. The number of rotatable bonds is 9. The van der Waals surface area contributed by atoms with Crippen LogP contribution in [0.15, 0.2) is 109 Å². The normalized spacial score (nSPS) is 10.3. The summed E-state index contributed by atoms with van der Waals surface area (Å²) in [4.78, 5) is 38.9. The van der Waals surface area contributed by atoms with E-state index < -0.39 is 5.91 Å². The molecule has 0 unspecified atom stereocenters. The molecule has 0 saturated carbocycles. The van der Waals surface area contributed by atoms with Gasteiger partial charge in [-0.25, -0.2) is 0 Å². The second-order valence-electron chi connectivity index (χ2n) is 9.44. The van der Waals surface area contributed by atoms with Gasteiger partial charge in [0, 0.05) is 22.9 Å². The first-order chi connectivity index (χ1) is 20.3. The Morgan fingerprint density at radius 2 is 1.45 bits per heavy atom. The molecule has 0 aliphatic rings. The van der Waals surface area contributed by atoms with E-state index in [0.717, 1.165) is 16.7 Å². The van der Waals surface area contributed by atoms with Crippen LogP contribution in [0.25, 0.3) is 12.2 Å². The van der Waals surface area contributed by atoms with Gasteiger partial charge in [-0.15, -0.1) is 0 Å². The zero-order valence-corrected chi connectivity index (χ0v) is 22.8. The van der Waals surface area contributed by atoms with Crippen molar-refractivity contribution in [2.75, 3.05) is 10.6 Å².